The Kier molecular flexibility index (Phi) is 3.05. The molecule has 0 bridgehead atoms. The summed E-state index contributed by atoms with van der Waals surface area (Å²) < 4.78 is 5.04. The lowest BCUT2D eigenvalue weighted by molar-refractivity contribution is -0.386. The molecule has 0 amide bonds. The Hall–Kier alpha value is -1.62. The van der Waals surface area contributed by atoms with Gasteiger partial charge in [0.05, 0.1) is 17.6 Å². The van der Waals surface area contributed by atoms with Crippen molar-refractivity contribution < 1.29 is 9.66 Å². The Balaban J connectivity index is 2.46. The zero-order chi connectivity index (χ0) is 11.5. The molecule has 1 atom stereocenters. The van der Waals surface area contributed by atoms with Gasteiger partial charge < -0.3 is 10.1 Å². The van der Waals surface area contributed by atoms with Gasteiger partial charge in [-0.3, -0.25) is 10.1 Å². The fourth-order valence-electron chi connectivity index (χ4n) is 2.13. The molecule has 1 heterocycles. The number of hydrogen-bond donors (Lipinski definition) is 1. The molecule has 5 heteroatoms. The van der Waals surface area contributed by atoms with E-state index in [1.54, 1.807) is 18.2 Å². The lowest BCUT2D eigenvalue weighted by Gasteiger charge is -2.12. The van der Waals surface area contributed by atoms with Gasteiger partial charge in [-0.2, -0.15) is 0 Å². The molecule has 1 fully saturated rings. The normalized spacial score (nSPS) is 19.7. The van der Waals surface area contributed by atoms with E-state index in [0.717, 1.165) is 24.9 Å². The average Bonchev–Trinajstić information content (AvgIpc) is 2.81. The zero-order valence-corrected chi connectivity index (χ0v) is 9.10. The first-order valence-corrected chi connectivity index (χ1v) is 5.28. The molecule has 86 valence electrons. The molecule has 1 N–H and O–H groups in total. The summed E-state index contributed by atoms with van der Waals surface area (Å²) in [7, 11) is 1.45. The van der Waals surface area contributed by atoms with Gasteiger partial charge in [0.2, 0.25) is 0 Å². The van der Waals surface area contributed by atoms with Crippen molar-refractivity contribution in [2.45, 2.75) is 18.9 Å². The van der Waals surface area contributed by atoms with Gasteiger partial charge in [0.1, 0.15) is 0 Å². The molecular formula is C11H14N2O3. The third kappa shape index (κ3) is 1.86. The number of nitrogens with zero attached hydrogens (tertiary/aromatic N) is 1. The summed E-state index contributed by atoms with van der Waals surface area (Å²) in [5.41, 5.74) is 0.811. The van der Waals surface area contributed by atoms with Crippen LogP contribution in [0.4, 0.5) is 5.69 Å². The maximum atomic E-state index is 11.1. The predicted octanol–water partition coefficient (Wildman–Crippen LogP) is 2.03. The van der Waals surface area contributed by atoms with Gasteiger partial charge in [-0.05, 0) is 25.5 Å². The van der Waals surface area contributed by atoms with E-state index < -0.39 is 0 Å². The van der Waals surface area contributed by atoms with Crippen LogP contribution in [-0.2, 0) is 0 Å². The quantitative estimate of drug-likeness (QED) is 0.627. The van der Waals surface area contributed by atoms with Crippen molar-refractivity contribution in [3.8, 4) is 5.75 Å². The highest BCUT2D eigenvalue weighted by Gasteiger charge is 2.27. The Morgan fingerprint density at radius 3 is 2.94 bits per heavy atom. The van der Waals surface area contributed by atoms with Crippen molar-refractivity contribution in [2.75, 3.05) is 13.7 Å². The van der Waals surface area contributed by atoms with Gasteiger partial charge in [-0.15, -0.1) is 0 Å². The summed E-state index contributed by atoms with van der Waals surface area (Å²) in [6.07, 6.45) is 1.99. The van der Waals surface area contributed by atoms with Crippen molar-refractivity contribution in [1.82, 2.24) is 5.32 Å². The number of ether oxygens (including phenoxy) is 1. The van der Waals surface area contributed by atoms with Gasteiger partial charge >= 0.3 is 5.69 Å². The summed E-state index contributed by atoms with van der Waals surface area (Å²) in [6, 6.07) is 5.29. The molecule has 1 unspecified atom stereocenters. The lowest BCUT2D eigenvalue weighted by Crippen LogP contribution is -2.14. The van der Waals surface area contributed by atoms with E-state index in [1.807, 2.05) is 0 Å². The Labute approximate surface area is 93.6 Å². The molecule has 1 aromatic carbocycles. The van der Waals surface area contributed by atoms with Crippen LogP contribution < -0.4 is 10.1 Å². The first-order chi connectivity index (χ1) is 7.74. The van der Waals surface area contributed by atoms with Crippen LogP contribution in [0.2, 0.25) is 0 Å². The maximum Gasteiger partial charge on any atom is 0.315 e. The van der Waals surface area contributed by atoms with Gasteiger partial charge in [-0.1, -0.05) is 12.1 Å². The SMILES string of the molecule is COc1cccc(C2CCCN2)c1[N+](=O)[O-]. The van der Waals surface area contributed by atoms with Crippen LogP contribution in [0.3, 0.4) is 0 Å². The number of rotatable bonds is 3. The van der Waals surface area contributed by atoms with E-state index in [0.29, 0.717) is 5.75 Å². The van der Waals surface area contributed by atoms with E-state index in [-0.39, 0.29) is 16.7 Å². The van der Waals surface area contributed by atoms with Crippen LogP contribution in [0, 0.1) is 10.1 Å². The highest BCUT2D eigenvalue weighted by Crippen LogP contribution is 2.37. The number of benzene rings is 1. The fourth-order valence-corrected chi connectivity index (χ4v) is 2.13. The van der Waals surface area contributed by atoms with E-state index >= 15 is 0 Å². The third-order valence-electron chi connectivity index (χ3n) is 2.87. The second-order valence-corrected chi connectivity index (χ2v) is 3.80. The van der Waals surface area contributed by atoms with Crippen molar-refractivity contribution in [2.24, 2.45) is 0 Å². The second kappa shape index (κ2) is 4.49. The Bertz CT molecular complexity index is 400. The molecule has 16 heavy (non-hydrogen) atoms. The van der Waals surface area contributed by atoms with Gasteiger partial charge in [0, 0.05) is 6.04 Å². The van der Waals surface area contributed by atoms with Gasteiger partial charge in [-0.25, -0.2) is 0 Å². The first-order valence-electron chi connectivity index (χ1n) is 5.28. The van der Waals surface area contributed by atoms with Crippen LogP contribution in [0.5, 0.6) is 5.75 Å². The lowest BCUT2D eigenvalue weighted by atomic mass is 10.0. The van der Waals surface area contributed by atoms with Crippen LogP contribution in [0.1, 0.15) is 24.4 Å². The molecule has 0 radical (unpaired) electrons. The highest BCUT2D eigenvalue weighted by atomic mass is 16.6. The average molecular weight is 222 g/mol. The monoisotopic (exact) mass is 222 g/mol. The van der Waals surface area contributed by atoms with E-state index in [9.17, 15) is 10.1 Å². The number of nitro benzene ring substituents is 1. The van der Waals surface area contributed by atoms with E-state index in [1.165, 1.54) is 7.11 Å². The fraction of sp³-hybridized carbons (Fsp3) is 0.455. The standard InChI is InChI=1S/C11H14N2O3/c1-16-10-6-2-4-8(11(10)13(14)15)9-5-3-7-12-9/h2,4,6,9,12H,3,5,7H2,1H3. The number of methoxy groups -OCH3 is 1. The largest absolute Gasteiger partial charge is 0.490 e. The molecule has 5 nitrogen and oxygen atoms in total. The second-order valence-electron chi connectivity index (χ2n) is 3.80. The zero-order valence-electron chi connectivity index (χ0n) is 9.10. The number of nitrogens with one attached hydrogen (secondary N) is 1. The molecule has 0 aliphatic carbocycles. The molecule has 0 aromatic heterocycles. The molecule has 1 aliphatic heterocycles. The minimum absolute atomic E-state index is 0.0792. The summed E-state index contributed by atoms with van der Waals surface area (Å²) in [6.45, 7) is 0.916. The summed E-state index contributed by atoms with van der Waals surface area (Å²) in [5.74, 6) is 0.330. The maximum absolute atomic E-state index is 11.1. The topological polar surface area (TPSA) is 64.4 Å². The van der Waals surface area contributed by atoms with Gasteiger partial charge in [0.15, 0.2) is 5.75 Å². The summed E-state index contributed by atoms with van der Waals surface area (Å²) in [4.78, 5) is 10.7. The minimum Gasteiger partial charge on any atom is -0.490 e. The van der Waals surface area contributed by atoms with E-state index in [4.69, 9.17) is 4.74 Å². The van der Waals surface area contributed by atoms with Crippen molar-refractivity contribution in [3.63, 3.8) is 0 Å². The minimum atomic E-state index is -0.367. The molecule has 0 saturated carbocycles. The number of nitro groups is 1. The molecule has 2 rings (SSSR count). The first kappa shape index (κ1) is 10.9. The molecule has 0 spiro atoms. The van der Waals surface area contributed by atoms with Crippen molar-refractivity contribution in [1.29, 1.82) is 0 Å². The van der Waals surface area contributed by atoms with E-state index in [2.05, 4.69) is 5.32 Å². The van der Waals surface area contributed by atoms with Gasteiger partial charge in [0.25, 0.3) is 0 Å². The summed E-state index contributed by atoms with van der Waals surface area (Å²) in [5, 5.41) is 14.3. The van der Waals surface area contributed by atoms with Crippen LogP contribution in [-0.4, -0.2) is 18.6 Å². The molecule has 1 saturated heterocycles. The van der Waals surface area contributed by atoms with Crippen LogP contribution in [0.25, 0.3) is 0 Å². The number of hydrogen-bond acceptors (Lipinski definition) is 4. The predicted molar refractivity (Wildman–Crippen MR) is 59.6 cm³/mol. The highest BCUT2D eigenvalue weighted by molar-refractivity contribution is 5.54. The molecule has 1 aliphatic rings. The van der Waals surface area contributed by atoms with Crippen molar-refractivity contribution >= 4 is 5.69 Å². The number of para-hydroxylation sites is 1. The smallest absolute Gasteiger partial charge is 0.315 e. The Morgan fingerprint density at radius 1 is 1.56 bits per heavy atom. The molecule has 1 aromatic rings. The van der Waals surface area contributed by atoms with Crippen LogP contribution in [0.15, 0.2) is 18.2 Å². The summed E-state index contributed by atoms with van der Waals surface area (Å²) >= 11 is 0. The Morgan fingerprint density at radius 2 is 2.38 bits per heavy atom. The third-order valence-corrected chi connectivity index (χ3v) is 2.87. The van der Waals surface area contributed by atoms with Crippen molar-refractivity contribution in [3.05, 3.63) is 33.9 Å². The van der Waals surface area contributed by atoms with Crippen LogP contribution >= 0.6 is 0 Å². The molecular weight excluding hydrogens is 208 g/mol.